The molecule has 0 amide bonds. The van der Waals surface area contributed by atoms with Gasteiger partial charge in [0.1, 0.15) is 5.01 Å². The molecule has 0 spiro atoms. The van der Waals surface area contributed by atoms with Crippen molar-refractivity contribution in [1.82, 2.24) is 9.88 Å². The van der Waals surface area contributed by atoms with Crippen molar-refractivity contribution in [2.45, 2.75) is 44.8 Å². The van der Waals surface area contributed by atoms with E-state index in [-0.39, 0.29) is 0 Å². The molecule has 1 aliphatic carbocycles. The van der Waals surface area contributed by atoms with Crippen molar-refractivity contribution in [3.8, 4) is 0 Å². The van der Waals surface area contributed by atoms with E-state index in [1.165, 1.54) is 12.8 Å². The van der Waals surface area contributed by atoms with Crippen LogP contribution in [0.15, 0.2) is 0 Å². The number of rotatable bonds is 4. The highest BCUT2D eigenvalue weighted by Gasteiger charge is 2.34. The number of thiazole rings is 1. The second-order valence-corrected chi connectivity index (χ2v) is 6.48. The van der Waals surface area contributed by atoms with Crippen molar-refractivity contribution < 1.29 is 5.11 Å². The molecule has 0 radical (unpaired) electrons. The summed E-state index contributed by atoms with van der Waals surface area (Å²) in [6, 6.07) is 0. The Labute approximate surface area is 101 Å². The molecular weight excluding hydrogens is 220 g/mol. The fraction of sp³-hybridized carbons (Fsp3) is 0.750. The second-order valence-electron chi connectivity index (χ2n) is 5.39. The molecule has 0 unspecified atom stereocenters. The molecule has 16 heavy (non-hydrogen) atoms. The highest BCUT2D eigenvalue weighted by molar-refractivity contribution is 7.11. The Kier molecular flexibility index (Phi) is 3.07. The summed E-state index contributed by atoms with van der Waals surface area (Å²) in [7, 11) is 4.09. The Morgan fingerprint density at radius 2 is 2.06 bits per heavy atom. The standard InChI is InChI=1S/C12H20N2OS/c1-12(2,15)11-10(8-5-6-8)13-9(16-11)7-14(3)4/h8,15H,5-7H2,1-4H3. The van der Waals surface area contributed by atoms with Crippen LogP contribution in [0, 0.1) is 0 Å². The van der Waals surface area contributed by atoms with Crippen molar-refractivity contribution in [3.63, 3.8) is 0 Å². The summed E-state index contributed by atoms with van der Waals surface area (Å²) >= 11 is 1.66. The van der Waals surface area contributed by atoms with E-state index < -0.39 is 5.60 Å². The first kappa shape index (κ1) is 12.0. The smallest absolute Gasteiger partial charge is 0.107 e. The molecular formula is C12H20N2OS. The van der Waals surface area contributed by atoms with Crippen molar-refractivity contribution in [2.24, 2.45) is 0 Å². The molecule has 1 fully saturated rings. The van der Waals surface area contributed by atoms with Gasteiger partial charge in [-0.3, -0.25) is 0 Å². The lowest BCUT2D eigenvalue weighted by Gasteiger charge is -2.16. The first-order valence-electron chi connectivity index (χ1n) is 5.75. The minimum absolute atomic E-state index is 0.605. The van der Waals surface area contributed by atoms with Gasteiger partial charge >= 0.3 is 0 Å². The van der Waals surface area contributed by atoms with E-state index >= 15 is 0 Å². The topological polar surface area (TPSA) is 36.4 Å². The maximum Gasteiger partial charge on any atom is 0.107 e. The Bertz CT molecular complexity index is 375. The minimum Gasteiger partial charge on any atom is -0.385 e. The highest BCUT2D eigenvalue weighted by atomic mass is 32.1. The molecule has 0 aromatic carbocycles. The van der Waals surface area contributed by atoms with Crippen LogP contribution in [0.1, 0.15) is 48.2 Å². The zero-order chi connectivity index (χ0) is 11.9. The predicted molar refractivity (Wildman–Crippen MR) is 66.7 cm³/mol. The van der Waals surface area contributed by atoms with Crippen molar-refractivity contribution in [3.05, 3.63) is 15.6 Å². The van der Waals surface area contributed by atoms with E-state index in [9.17, 15) is 5.11 Å². The largest absolute Gasteiger partial charge is 0.385 e. The van der Waals surface area contributed by atoms with E-state index in [4.69, 9.17) is 4.98 Å². The Balaban J connectivity index is 2.30. The average Bonchev–Trinajstić information content (AvgIpc) is 2.86. The molecule has 1 aromatic heterocycles. The maximum atomic E-state index is 10.2. The van der Waals surface area contributed by atoms with Gasteiger partial charge in [0.05, 0.1) is 16.2 Å². The van der Waals surface area contributed by atoms with E-state index in [1.54, 1.807) is 11.3 Å². The first-order chi connectivity index (χ1) is 7.38. The summed E-state index contributed by atoms with van der Waals surface area (Å²) < 4.78 is 0. The monoisotopic (exact) mass is 240 g/mol. The molecule has 1 aromatic rings. The summed E-state index contributed by atoms with van der Waals surface area (Å²) in [6.45, 7) is 4.57. The van der Waals surface area contributed by atoms with Crippen LogP contribution in [-0.2, 0) is 12.1 Å². The number of hydrogen-bond acceptors (Lipinski definition) is 4. The molecule has 90 valence electrons. The van der Waals surface area contributed by atoms with Gasteiger partial charge in [0, 0.05) is 12.5 Å². The molecule has 0 aliphatic heterocycles. The normalized spacial score (nSPS) is 17.1. The minimum atomic E-state index is -0.750. The van der Waals surface area contributed by atoms with Crippen LogP contribution in [0.25, 0.3) is 0 Å². The van der Waals surface area contributed by atoms with Crippen LogP contribution < -0.4 is 0 Å². The number of aromatic nitrogens is 1. The van der Waals surface area contributed by atoms with Gasteiger partial charge in [-0.15, -0.1) is 11.3 Å². The van der Waals surface area contributed by atoms with Crippen molar-refractivity contribution >= 4 is 11.3 Å². The quantitative estimate of drug-likeness (QED) is 0.877. The summed E-state index contributed by atoms with van der Waals surface area (Å²) in [5, 5.41) is 11.3. The Hall–Kier alpha value is -0.450. The summed E-state index contributed by atoms with van der Waals surface area (Å²) in [5.74, 6) is 0.605. The van der Waals surface area contributed by atoms with Gasteiger partial charge < -0.3 is 10.0 Å². The lowest BCUT2D eigenvalue weighted by Crippen LogP contribution is -2.15. The Morgan fingerprint density at radius 1 is 1.44 bits per heavy atom. The van der Waals surface area contributed by atoms with Gasteiger partial charge in [0.25, 0.3) is 0 Å². The summed E-state index contributed by atoms with van der Waals surface area (Å²) in [4.78, 5) is 7.87. The third-order valence-electron chi connectivity index (χ3n) is 2.67. The summed E-state index contributed by atoms with van der Waals surface area (Å²) in [6.07, 6.45) is 2.46. The van der Waals surface area contributed by atoms with Crippen LogP contribution in [0.5, 0.6) is 0 Å². The van der Waals surface area contributed by atoms with Gasteiger partial charge in [0.2, 0.25) is 0 Å². The predicted octanol–water partition coefficient (Wildman–Crippen LogP) is 2.31. The van der Waals surface area contributed by atoms with Gasteiger partial charge in [-0.1, -0.05) is 0 Å². The first-order valence-corrected chi connectivity index (χ1v) is 6.56. The zero-order valence-corrected chi connectivity index (χ0v) is 11.3. The lowest BCUT2D eigenvalue weighted by atomic mass is 10.0. The van der Waals surface area contributed by atoms with Crippen LogP contribution >= 0.6 is 11.3 Å². The van der Waals surface area contributed by atoms with Crippen LogP contribution in [0.3, 0.4) is 0 Å². The average molecular weight is 240 g/mol. The SMILES string of the molecule is CN(C)Cc1nc(C2CC2)c(C(C)(C)O)s1. The van der Waals surface area contributed by atoms with Gasteiger partial charge in [-0.25, -0.2) is 4.98 Å². The number of hydrogen-bond donors (Lipinski definition) is 1. The molecule has 2 rings (SSSR count). The second kappa shape index (κ2) is 4.09. The maximum absolute atomic E-state index is 10.2. The molecule has 3 nitrogen and oxygen atoms in total. The molecule has 4 heteroatoms. The molecule has 1 aliphatic rings. The van der Waals surface area contributed by atoms with Gasteiger partial charge in [-0.05, 0) is 40.8 Å². The van der Waals surface area contributed by atoms with Gasteiger partial charge in [0.15, 0.2) is 0 Å². The fourth-order valence-corrected chi connectivity index (χ4v) is 3.06. The molecule has 0 saturated heterocycles. The molecule has 0 bridgehead atoms. The molecule has 1 saturated carbocycles. The third kappa shape index (κ3) is 2.62. The van der Waals surface area contributed by atoms with E-state index in [1.807, 2.05) is 27.9 Å². The lowest BCUT2D eigenvalue weighted by molar-refractivity contribution is 0.0813. The molecule has 1 N–H and O–H groups in total. The number of aliphatic hydroxyl groups is 1. The van der Waals surface area contributed by atoms with Crippen LogP contribution in [0.2, 0.25) is 0 Å². The Morgan fingerprint density at radius 3 is 2.50 bits per heavy atom. The number of nitrogens with zero attached hydrogens (tertiary/aromatic N) is 2. The van der Waals surface area contributed by atoms with E-state index in [2.05, 4.69) is 4.90 Å². The fourth-order valence-electron chi connectivity index (χ4n) is 1.79. The van der Waals surface area contributed by atoms with Crippen LogP contribution in [0.4, 0.5) is 0 Å². The third-order valence-corrected chi connectivity index (χ3v) is 4.04. The zero-order valence-electron chi connectivity index (χ0n) is 10.4. The van der Waals surface area contributed by atoms with Gasteiger partial charge in [-0.2, -0.15) is 0 Å². The highest BCUT2D eigenvalue weighted by Crippen LogP contribution is 2.45. The summed E-state index contributed by atoms with van der Waals surface area (Å²) in [5.41, 5.74) is 0.398. The van der Waals surface area contributed by atoms with E-state index in [0.29, 0.717) is 5.92 Å². The van der Waals surface area contributed by atoms with Crippen LogP contribution in [-0.4, -0.2) is 29.1 Å². The molecule has 0 atom stereocenters. The molecule has 1 heterocycles. The van der Waals surface area contributed by atoms with E-state index in [0.717, 1.165) is 22.1 Å². The van der Waals surface area contributed by atoms with Crippen molar-refractivity contribution in [2.75, 3.05) is 14.1 Å². The van der Waals surface area contributed by atoms with Crippen molar-refractivity contribution in [1.29, 1.82) is 0 Å².